The lowest BCUT2D eigenvalue weighted by Gasteiger charge is -2.39. The molecule has 0 saturated carbocycles. The Morgan fingerprint density at radius 3 is 2.42 bits per heavy atom. The molecule has 6 rings (SSSR count). The second-order valence-electron chi connectivity index (χ2n) is 14.4. The molecule has 1 aromatic heterocycles. The van der Waals surface area contributed by atoms with Crippen LogP contribution in [-0.2, 0) is 51.1 Å². The van der Waals surface area contributed by atoms with E-state index in [1.807, 2.05) is 37.3 Å². The van der Waals surface area contributed by atoms with Crippen molar-refractivity contribution >= 4 is 52.7 Å². The Hall–Kier alpha value is -4.86. The van der Waals surface area contributed by atoms with Crippen LogP contribution >= 0.6 is 11.3 Å². The number of esters is 1. The highest BCUT2D eigenvalue weighted by Crippen LogP contribution is 2.28. The summed E-state index contributed by atoms with van der Waals surface area (Å²) in [6.45, 7) is 3.72. The third-order valence-corrected chi connectivity index (χ3v) is 11.2. The minimum atomic E-state index is -1.41. The third kappa shape index (κ3) is 8.86. The molecule has 3 N–H and O–H groups in total. The standard InChI is InChI=1S/C37H47N7O8S/c1-22-17-29-37(51)52-21-26(41-32(46)25(18-24-9-4-3-5-10-24)40-30(45)19-31-38-13-16-53-31)35(49)43-15-8-12-28(43)36(50)42-14-7-6-11-27(42)33(47)39-23(2)34(48)44(29)20-22/h3-5,9-10,13,16,22-23,25-29H,6-8,11-12,14-15,17-21H2,1-2H3,(H,39,47)(H,40,45)(H,41,46)/t22-,23+,25+,26+,27+,28+,29+/m1/s1. The zero-order valence-corrected chi connectivity index (χ0v) is 30.8. The molecule has 4 fully saturated rings. The molecule has 0 aliphatic carbocycles. The zero-order chi connectivity index (χ0) is 37.6. The number of aromatic nitrogens is 1. The first kappa shape index (κ1) is 37.9. The summed E-state index contributed by atoms with van der Waals surface area (Å²) in [4.78, 5) is 105. The molecule has 4 saturated heterocycles. The van der Waals surface area contributed by atoms with E-state index >= 15 is 0 Å². The van der Waals surface area contributed by atoms with E-state index in [9.17, 15) is 33.6 Å². The number of rotatable bonds is 7. The van der Waals surface area contributed by atoms with Crippen molar-refractivity contribution in [3.8, 4) is 0 Å². The van der Waals surface area contributed by atoms with Gasteiger partial charge in [-0.1, -0.05) is 37.3 Å². The van der Waals surface area contributed by atoms with Crippen LogP contribution in [0.3, 0.4) is 0 Å². The van der Waals surface area contributed by atoms with Gasteiger partial charge in [-0.25, -0.2) is 9.78 Å². The second-order valence-corrected chi connectivity index (χ2v) is 15.4. The van der Waals surface area contributed by atoms with Crippen molar-refractivity contribution in [2.45, 2.75) is 101 Å². The minimum absolute atomic E-state index is 0.0397. The Morgan fingerprint density at radius 2 is 1.66 bits per heavy atom. The number of thiazole rings is 1. The quantitative estimate of drug-likeness (QED) is 0.340. The summed E-state index contributed by atoms with van der Waals surface area (Å²) in [7, 11) is 0. The predicted molar refractivity (Wildman–Crippen MR) is 192 cm³/mol. The van der Waals surface area contributed by atoms with Gasteiger partial charge in [-0.05, 0) is 56.9 Å². The molecule has 0 spiro atoms. The highest BCUT2D eigenvalue weighted by atomic mass is 32.1. The molecule has 1 aromatic carbocycles. The van der Waals surface area contributed by atoms with E-state index in [4.69, 9.17) is 4.74 Å². The van der Waals surface area contributed by atoms with Crippen LogP contribution in [0.2, 0.25) is 0 Å². The monoisotopic (exact) mass is 749 g/mol. The Balaban J connectivity index is 1.30. The highest BCUT2D eigenvalue weighted by Gasteiger charge is 2.46. The maximum absolute atomic E-state index is 14.4. The van der Waals surface area contributed by atoms with Crippen molar-refractivity contribution in [3.63, 3.8) is 0 Å². The van der Waals surface area contributed by atoms with Crippen molar-refractivity contribution in [2.75, 3.05) is 26.2 Å². The number of fused-ring (bicyclic) bond motifs is 3. The number of piperidine rings is 1. The molecule has 7 atom stereocenters. The number of carbonyl (C=O) groups excluding carboxylic acids is 7. The van der Waals surface area contributed by atoms with E-state index in [-0.39, 0.29) is 37.8 Å². The van der Waals surface area contributed by atoms with Crippen LogP contribution < -0.4 is 16.0 Å². The van der Waals surface area contributed by atoms with Crippen LogP contribution in [0.4, 0.5) is 0 Å². The van der Waals surface area contributed by atoms with E-state index < -0.39 is 78.4 Å². The number of nitrogens with one attached hydrogen (secondary N) is 3. The average Bonchev–Trinajstić information content (AvgIpc) is 3.94. The molecule has 2 aromatic rings. The second kappa shape index (κ2) is 16.9. The lowest BCUT2D eigenvalue weighted by molar-refractivity contribution is -0.158. The molecule has 284 valence electrons. The molecular formula is C37H47N7O8S. The van der Waals surface area contributed by atoms with Gasteiger partial charge in [-0.15, -0.1) is 11.3 Å². The van der Waals surface area contributed by atoms with Crippen LogP contribution in [0.1, 0.15) is 62.9 Å². The van der Waals surface area contributed by atoms with Gasteiger partial charge in [0.15, 0.2) is 0 Å². The van der Waals surface area contributed by atoms with Crippen LogP contribution in [0.15, 0.2) is 41.9 Å². The number of hydrogen-bond donors (Lipinski definition) is 3. The van der Waals surface area contributed by atoms with Gasteiger partial charge in [0.2, 0.25) is 35.4 Å². The topological polar surface area (TPSA) is 187 Å². The van der Waals surface area contributed by atoms with E-state index in [2.05, 4.69) is 20.9 Å². The molecule has 6 amide bonds. The molecule has 0 unspecified atom stereocenters. The summed E-state index contributed by atoms with van der Waals surface area (Å²) in [5, 5.41) is 10.6. The predicted octanol–water partition coefficient (Wildman–Crippen LogP) is 0.569. The molecule has 16 heteroatoms. The fourth-order valence-corrected chi connectivity index (χ4v) is 8.39. The third-order valence-electron chi connectivity index (χ3n) is 10.4. The van der Waals surface area contributed by atoms with E-state index in [1.54, 1.807) is 18.5 Å². The number of cyclic esters (lactones) is 1. The van der Waals surface area contributed by atoms with Gasteiger partial charge in [-0.2, -0.15) is 0 Å². The van der Waals surface area contributed by atoms with Gasteiger partial charge >= 0.3 is 5.97 Å². The Labute approximate surface area is 312 Å². The first-order valence-electron chi connectivity index (χ1n) is 18.4. The Bertz CT molecular complexity index is 1690. The first-order chi connectivity index (χ1) is 25.5. The Kier molecular flexibility index (Phi) is 12.1. The van der Waals surface area contributed by atoms with E-state index in [0.717, 1.165) is 5.56 Å². The number of nitrogens with zero attached hydrogens (tertiary/aromatic N) is 4. The fourth-order valence-electron chi connectivity index (χ4n) is 7.77. The van der Waals surface area contributed by atoms with Crippen LogP contribution in [-0.4, -0.2) is 124 Å². The minimum Gasteiger partial charge on any atom is -0.461 e. The van der Waals surface area contributed by atoms with Gasteiger partial charge in [0.1, 0.15) is 47.9 Å². The smallest absolute Gasteiger partial charge is 0.328 e. The van der Waals surface area contributed by atoms with Crippen LogP contribution in [0, 0.1) is 5.92 Å². The summed E-state index contributed by atoms with van der Waals surface area (Å²) in [6, 6.07) is 2.93. The number of ether oxygens (including phenoxy) is 1. The largest absolute Gasteiger partial charge is 0.461 e. The molecule has 0 radical (unpaired) electrons. The molecular weight excluding hydrogens is 703 g/mol. The molecule has 5 heterocycles. The number of carbonyl (C=O) groups is 7. The van der Waals surface area contributed by atoms with Crippen LogP contribution in [0.5, 0.6) is 0 Å². The van der Waals surface area contributed by atoms with Gasteiger partial charge in [0.05, 0.1) is 6.42 Å². The van der Waals surface area contributed by atoms with Gasteiger partial charge < -0.3 is 35.4 Å². The lowest BCUT2D eigenvalue weighted by atomic mass is 9.99. The lowest BCUT2D eigenvalue weighted by Crippen LogP contribution is -2.62. The van der Waals surface area contributed by atoms with E-state index in [0.29, 0.717) is 50.1 Å². The highest BCUT2D eigenvalue weighted by molar-refractivity contribution is 7.09. The summed E-state index contributed by atoms with van der Waals surface area (Å²) in [5.74, 6) is -3.82. The number of hydrogen-bond acceptors (Lipinski definition) is 10. The molecule has 0 bridgehead atoms. The maximum atomic E-state index is 14.4. The van der Waals surface area contributed by atoms with Crippen molar-refractivity contribution in [2.24, 2.45) is 5.92 Å². The van der Waals surface area contributed by atoms with Crippen LogP contribution in [0.25, 0.3) is 0 Å². The SMILES string of the molecule is C[C@@H]1C[C@H]2C(=O)OC[C@H](NC(=O)[C@H](Cc3ccccc3)NC(=O)Cc3nccs3)C(=O)N3CCC[C@H]3C(=O)N3CCCC[C@H]3C(=O)N[C@@H](C)C(=O)N2C1. The summed E-state index contributed by atoms with van der Waals surface area (Å²) < 4.78 is 5.73. The maximum Gasteiger partial charge on any atom is 0.328 e. The first-order valence-corrected chi connectivity index (χ1v) is 19.3. The number of amides is 6. The summed E-state index contributed by atoms with van der Waals surface area (Å²) >= 11 is 1.31. The molecule has 4 aliphatic heterocycles. The van der Waals surface area contributed by atoms with Crippen molar-refractivity contribution in [1.29, 1.82) is 0 Å². The van der Waals surface area contributed by atoms with Gasteiger partial charge in [-0.3, -0.25) is 28.8 Å². The number of benzene rings is 1. The molecule has 53 heavy (non-hydrogen) atoms. The Morgan fingerprint density at radius 1 is 0.925 bits per heavy atom. The molecule has 4 aliphatic rings. The molecule has 15 nitrogen and oxygen atoms in total. The normalized spacial score (nSPS) is 27.7. The van der Waals surface area contributed by atoms with Crippen molar-refractivity contribution in [1.82, 2.24) is 35.6 Å². The fraction of sp³-hybridized carbons (Fsp3) is 0.568. The van der Waals surface area contributed by atoms with Gasteiger partial charge in [0, 0.05) is 37.6 Å². The summed E-state index contributed by atoms with van der Waals surface area (Å²) in [6.07, 6.45) is 4.64. The zero-order valence-electron chi connectivity index (χ0n) is 30.0. The van der Waals surface area contributed by atoms with Crippen molar-refractivity contribution in [3.05, 3.63) is 52.5 Å². The van der Waals surface area contributed by atoms with Crippen molar-refractivity contribution < 1.29 is 38.3 Å². The average molecular weight is 750 g/mol. The van der Waals surface area contributed by atoms with Gasteiger partial charge in [0.25, 0.3) is 0 Å². The van der Waals surface area contributed by atoms with E-state index in [1.165, 1.54) is 26.0 Å². The summed E-state index contributed by atoms with van der Waals surface area (Å²) in [5.41, 5.74) is 0.762.